The van der Waals surface area contributed by atoms with E-state index in [1.165, 1.54) is 25.2 Å². The van der Waals surface area contributed by atoms with Crippen LogP contribution in [-0.2, 0) is 13.2 Å². The van der Waals surface area contributed by atoms with Gasteiger partial charge in [-0.2, -0.15) is 13.2 Å². The quantitative estimate of drug-likeness (QED) is 0.836. The van der Waals surface area contributed by atoms with Crippen molar-refractivity contribution >= 4 is 16.9 Å². The Morgan fingerprint density at radius 1 is 1.29 bits per heavy atom. The van der Waals surface area contributed by atoms with Crippen LogP contribution in [0.15, 0.2) is 24.3 Å². The minimum absolute atomic E-state index is 0.0307. The van der Waals surface area contributed by atoms with Gasteiger partial charge in [-0.15, -0.1) is 0 Å². The molecular weight excluding hydrogens is 235 g/mol. The Labute approximate surface area is 94.1 Å². The van der Waals surface area contributed by atoms with Crippen molar-refractivity contribution < 1.29 is 23.1 Å². The molecule has 0 fully saturated rings. The van der Waals surface area contributed by atoms with Crippen molar-refractivity contribution in [2.75, 3.05) is 0 Å². The lowest BCUT2D eigenvalue weighted by molar-refractivity contribution is -0.142. The van der Waals surface area contributed by atoms with Crippen molar-refractivity contribution in [3.8, 4) is 0 Å². The van der Waals surface area contributed by atoms with Gasteiger partial charge in [0.1, 0.15) is 5.69 Å². The molecule has 0 saturated heterocycles. The zero-order valence-electron chi connectivity index (χ0n) is 8.75. The summed E-state index contributed by atoms with van der Waals surface area (Å²) in [4.78, 5) is 10.7. The summed E-state index contributed by atoms with van der Waals surface area (Å²) in [6.07, 6.45) is -4.45. The zero-order valence-corrected chi connectivity index (χ0v) is 8.75. The van der Waals surface area contributed by atoms with Crippen molar-refractivity contribution in [2.24, 2.45) is 7.05 Å². The molecule has 90 valence electrons. The minimum Gasteiger partial charge on any atom is -0.478 e. The molecule has 0 bridgehead atoms. The fourth-order valence-corrected chi connectivity index (χ4v) is 1.75. The lowest BCUT2D eigenvalue weighted by atomic mass is 10.1. The average molecular weight is 243 g/mol. The van der Waals surface area contributed by atoms with Crippen LogP contribution in [-0.4, -0.2) is 15.6 Å². The lowest BCUT2D eigenvalue weighted by Crippen LogP contribution is -2.10. The third-order valence-electron chi connectivity index (χ3n) is 2.58. The van der Waals surface area contributed by atoms with E-state index in [1.54, 1.807) is 0 Å². The number of aryl methyl sites for hydroxylation is 1. The highest BCUT2D eigenvalue weighted by atomic mass is 19.4. The van der Waals surface area contributed by atoms with Crippen molar-refractivity contribution in [1.82, 2.24) is 4.57 Å². The van der Waals surface area contributed by atoms with Crippen LogP contribution in [0.3, 0.4) is 0 Å². The number of rotatable bonds is 1. The predicted octanol–water partition coefficient (Wildman–Crippen LogP) is 2.90. The normalized spacial score (nSPS) is 12.0. The van der Waals surface area contributed by atoms with E-state index in [0.717, 1.165) is 10.6 Å². The molecule has 1 heterocycles. The van der Waals surface area contributed by atoms with Crippen molar-refractivity contribution in [3.05, 3.63) is 35.5 Å². The first-order valence-electron chi connectivity index (χ1n) is 4.70. The first-order valence-corrected chi connectivity index (χ1v) is 4.70. The molecule has 0 spiro atoms. The highest BCUT2D eigenvalue weighted by Gasteiger charge is 2.34. The Hall–Kier alpha value is -1.98. The van der Waals surface area contributed by atoms with Gasteiger partial charge < -0.3 is 9.67 Å². The number of hydrogen-bond acceptors (Lipinski definition) is 1. The molecule has 1 aromatic heterocycles. The number of carboxylic acids is 1. The number of aromatic carboxylic acids is 1. The molecule has 0 saturated carbocycles. The van der Waals surface area contributed by atoms with E-state index in [2.05, 4.69) is 0 Å². The molecule has 2 rings (SSSR count). The van der Waals surface area contributed by atoms with E-state index in [-0.39, 0.29) is 10.9 Å². The van der Waals surface area contributed by atoms with Crippen molar-refractivity contribution in [1.29, 1.82) is 0 Å². The summed E-state index contributed by atoms with van der Waals surface area (Å²) in [6, 6.07) is 4.83. The number of halogens is 3. The number of fused-ring (bicyclic) bond motifs is 1. The van der Waals surface area contributed by atoms with Crippen LogP contribution >= 0.6 is 0 Å². The van der Waals surface area contributed by atoms with E-state index in [1.807, 2.05) is 0 Å². The maximum absolute atomic E-state index is 12.6. The maximum atomic E-state index is 12.6. The number of carbonyl (C=O) groups is 1. The van der Waals surface area contributed by atoms with Crippen LogP contribution in [0, 0.1) is 0 Å². The summed E-state index contributed by atoms with van der Waals surface area (Å²) in [5.74, 6) is -1.16. The Morgan fingerprint density at radius 2 is 1.94 bits per heavy atom. The average Bonchev–Trinajstić information content (AvgIpc) is 2.55. The van der Waals surface area contributed by atoms with Crippen LogP contribution in [0.4, 0.5) is 13.2 Å². The van der Waals surface area contributed by atoms with Gasteiger partial charge in [-0.3, -0.25) is 0 Å². The van der Waals surface area contributed by atoms with Gasteiger partial charge in [0.2, 0.25) is 0 Å². The van der Waals surface area contributed by atoms with Gasteiger partial charge in [-0.25, -0.2) is 4.79 Å². The number of hydrogen-bond donors (Lipinski definition) is 1. The number of carboxylic acid groups (broad SMARTS) is 1. The molecule has 1 N–H and O–H groups in total. The molecule has 3 nitrogen and oxygen atoms in total. The molecule has 1 aromatic carbocycles. The molecular formula is C11H8F3NO2. The summed E-state index contributed by atoms with van der Waals surface area (Å²) in [5.41, 5.74) is -0.478. The molecule has 0 radical (unpaired) electrons. The predicted molar refractivity (Wildman–Crippen MR) is 54.9 cm³/mol. The zero-order chi connectivity index (χ0) is 12.8. The SMILES string of the molecule is Cn1c(C(F)(F)F)cc2cc(C(=O)O)ccc21. The number of alkyl halides is 3. The van der Waals surface area contributed by atoms with Crippen LogP contribution in [0.5, 0.6) is 0 Å². The second-order valence-electron chi connectivity index (χ2n) is 3.67. The molecule has 6 heteroatoms. The van der Waals surface area contributed by atoms with Gasteiger partial charge in [0.25, 0.3) is 0 Å². The van der Waals surface area contributed by atoms with E-state index in [9.17, 15) is 18.0 Å². The van der Waals surface area contributed by atoms with Crippen LogP contribution in [0.25, 0.3) is 10.9 Å². The Balaban J connectivity index is 2.70. The number of benzene rings is 1. The van der Waals surface area contributed by atoms with Crippen LogP contribution in [0.1, 0.15) is 16.1 Å². The van der Waals surface area contributed by atoms with E-state index in [4.69, 9.17) is 5.11 Å². The molecule has 2 aromatic rings. The first-order chi connectivity index (χ1) is 7.80. The highest BCUT2D eigenvalue weighted by molar-refractivity contribution is 5.94. The fraction of sp³-hybridized carbons (Fsp3) is 0.182. The molecule has 0 unspecified atom stereocenters. The summed E-state index contributed by atoms with van der Waals surface area (Å²) in [7, 11) is 1.30. The summed E-state index contributed by atoms with van der Waals surface area (Å²) in [6.45, 7) is 0. The second kappa shape index (κ2) is 3.51. The third-order valence-corrected chi connectivity index (χ3v) is 2.58. The van der Waals surface area contributed by atoms with Gasteiger partial charge in [0, 0.05) is 18.0 Å². The first kappa shape index (κ1) is 11.5. The summed E-state index contributed by atoms with van der Waals surface area (Å²) < 4.78 is 38.8. The molecule has 0 aliphatic carbocycles. The molecule has 0 aliphatic rings. The van der Waals surface area contributed by atoms with Gasteiger partial charge in [-0.1, -0.05) is 0 Å². The third kappa shape index (κ3) is 1.86. The summed E-state index contributed by atoms with van der Waals surface area (Å²) >= 11 is 0. The van der Waals surface area contributed by atoms with E-state index in [0.29, 0.717) is 5.52 Å². The van der Waals surface area contributed by atoms with Gasteiger partial charge in [0.15, 0.2) is 0 Å². The monoisotopic (exact) mass is 243 g/mol. The van der Waals surface area contributed by atoms with E-state index < -0.39 is 17.8 Å². The second-order valence-corrected chi connectivity index (χ2v) is 3.67. The summed E-state index contributed by atoms with van der Waals surface area (Å²) in [5, 5.41) is 9.01. The van der Waals surface area contributed by atoms with E-state index >= 15 is 0 Å². The van der Waals surface area contributed by atoms with Gasteiger partial charge in [-0.05, 0) is 24.3 Å². The highest BCUT2D eigenvalue weighted by Crippen LogP contribution is 2.33. The smallest absolute Gasteiger partial charge is 0.431 e. The van der Waals surface area contributed by atoms with Crippen LogP contribution in [0.2, 0.25) is 0 Å². The Kier molecular flexibility index (Phi) is 2.38. The van der Waals surface area contributed by atoms with Gasteiger partial charge in [0.05, 0.1) is 5.56 Å². The van der Waals surface area contributed by atoms with Crippen LogP contribution < -0.4 is 0 Å². The van der Waals surface area contributed by atoms with Crippen molar-refractivity contribution in [2.45, 2.75) is 6.18 Å². The molecule has 0 aliphatic heterocycles. The lowest BCUT2D eigenvalue weighted by Gasteiger charge is -2.07. The van der Waals surface area contributed by atoms with Crippen molar-refractivity contribution in [3.63, 3.8) is 0 Å². The largest absolute Gasteiger partial charge is 0.478 e. The number of nitrogens with zero attached hydrogens (tertiary/aromatic N) is 1. The Bertz CT molecular complexity index is 599. The van der Waals surface area contributed by atoms with Gasteiger partial charge >= 0.3 is 12.1 Å². The maximum Gasteiger partial charge on any atom is 0.431 e. The molecule has 17 heavy (non-hydrogen) atoms. The minimum atomic E-state index is -4.45. The Morgan fingerprint density at radius 3 is 2.47 bits per heavy atom. The topological polar surface area (TPSA) is 42.2 Å². The molecule has 0 atom stereocenters. The fourth-order valence-electron chi connectivity index (χ4n) is 1.75. The standard InChI is InChI=1S/C11H8F3NO2/c1-15-8-3-2-6(10(16)17)4-7(8)5-9(15)11(12,13)14/h2-5H,1H3,(H,16,17). The number of aromatic nitrogens is 1. The molecule has 0 amide bonds.